The molecule has 1 amide bonds. The van der Waals surface area contributed by atoms with E-state index in [0.717, 1.165) is 16.3 Å². The number of hydrogen-bond donors (Lipinski definition) is 0. The molecule has 0 unspecified atom stereocenters. The first-order chi connectivity index (χ1) is 15.1. The Morgan fingerprint density at radius 2 is 1.87 bits per heavy atom. The molecule has 0 bridgehead atoms. The summed E-state index contributed by atoms with van der Waals surface area (Å²) in [5, 5.41) is 6.96. The molecule has 158 valence electrons. The summed E-state index contributed by atoms with van der Waals surface area (Å²) in [5.74, 6) is 0.673. The van der Waals surface area contributed by atoms with Gasteiger partial charge in [-0.05, 0) is 24.6 Å². The van der Waals surface area contributed by atoms with Gasteiger partial charge >= 0.3 is 0 Å². The average Bonchev–Trinajstić information content (AvgIpc) is 3.43. The van der Waals surface area contributed by atoms with E-state index in [2.05, 4.69) is 22.2 Å². The van der Waals surface area contributed by atoms with E-state index < -0.39 is 0 Å². The van der Waals surface area contributed by atoms with Crippen LogP contribution in [0.1, 0.15) is 32.2 Å². The highest BCUT2D eigenvalue weighted by Crippen LogP contribution is 2.17. The SMILES string of the molecule is Cc1ccc(OCc2nc(C(=O)N(C)Cc3cnn(Cc4ccccc4)c3)cs2)cc1. The van der Waals surface area contributed by atoms with E-state index in [1.54, 1.807) is 23.5 Å². The highest BCUT2D eigenvalue weighted by atomic mass is 32.1. The maximum absolute atomic E-state index is 12.8. The maximum Gasteiger partial charge on any atom is 0.273 e. The minimum atomic E-state index is -0.117. The standard InChI is InChI=1S/C24H24N4O2S/c1-18-8-10-21(11-9-18)30-16-23-26-22(17-31-23)24(29)27(2)13-20-12-25-28(15-20)14-19-6-4-3-5-7-19/h3-12,15,17H,13-14,16H2,1-2H3. The van der Waals surface area contributed by atoms with Gasteiger partial charge in [0.25, 0.3) is 5.91 Å². The molecule has 4 rings (SSSR count). The zero-order valence-corrected chi connectivity index (χ0v) is 18.4. The minimum Gasteiger partial charge on any atom is -0.486 e. The number of amides is 1. The lowest BCUT2D eigenvalue weighted by Crippen LogP contribution is -2.26. The molecule has 2 heterocycles. The van der Waals surface area contributed by atoms with Gasteiger partial charge in [0.15, 0.2) is 0 Å². The number of aryl methyl sites for hydroxylation is 1. The number of hydrogen-bond acceptors (Lipinski definition) is 5. The van der Waals surface area contributed by atoms with E-state index >= 15 is 0 Å². The average molecular weight is 433 g/mol. The third-order valence-electron chi connectivity index (χ3n) is 4.79. The second-order valence-electron chi connectivity index (χ2n) is 7.42. The molecule has 4 aromatic rings. The molecule has 2 aromatic carbocycles. The summed E-state index contributed by atoms with van der Waals surface area (Å²) in [5.41, 5.74) is 3.78. The topological polar surface area (TPSA) is 60.2 Å². The van der Waals surface area contributed by atoms with E-state index in [4.69, 9.17) is 4.74 Å². The first-order valence-electron chi connectivity index (χ1n) is 10.0. The molecule has 0 fully saturated rings. The Kier molecular flexibility index (Phi) is 6.43. The van der Waals surface area contributed by atoms with Gasteiger partial charge in [0.05, 0.1) is 12.7 Å². The summed E-state index contributed by atoms with van der Waals surface area (Å²) in [7, 11) is 1.78. The Balaban J connectivity index is 1.31. The maximum atomic E-state index is 12.8. The fourth-order valence-electron chi connectivity index (χ4n) is 3.14. The molecule has 0 aliphatic rings. The molecule has 0 spiro atoms. The van der Waals surface area contributed by atoms with Crippen LogP contribution in [0.25, 0.3) is 0 Å². The molecule has 0 aliphatic heterocycles. The summed E-state index contributed by atoms with van der Waals surface area (Å²) < 4.78 is 7.64. The number of carbonyl (C=O) groups excluding carboxylic acids is 1. The molecule has 31 heavy (non-hydrogen) atoms. The van der Waals surface area contributed by atoms with Gasteiger partial charge in [-0.1, -0.05) is 48.0 Å². The smallest absolute Gasteiger partial charge is 0.273 e. The van der Waals surface area contributed by atoms with E-state index in [0.29, 0.717) is 25.4 Å². The van der Waals surface area contributed by atoms with Gasteiger partial charge in [0.2, 0.25) is 0 Å². The van der Waals surface area contributed by atoms with Crippen LogP contribution in [-0.4, -0.2) is 32.6 Å². The highest BCUT2D eigenvalue weighted by molar-refractivity contribution is 7.09. The molecule has 6 nitrogen and oxygen atoms in total. The van der Waals surface area contributed by atoms with Crippen LogP contribution in [0, 0.1) is 6.92 Å². The van der Waals surface area contributed by atoms with Crippen LogP contribution >= 0.6 is 11.3 Å². The summed E-state index contributed by atoms with van der Waals surface area (Å²) in [6, 6.07) is 18.0. The first kappa shape index (κ1) is 20.8. The van der Waals surface area contributed by atoms with Crippen LogP contribution < -0.4 is 4.74 Å². The highest BCUT2D eigenvalue weighted by Gasteiger charge is 2.17. The van der Waals surface area contributed by atoms with E-state index in [1.807, 2.05) is 60.3 Å². The Morgan fingerprint density at radius 3 is 2.65 bits per heavy atom. The lowest BCUT2D eigenvalue weighted by molar-refractivity contribution is 0.0779. The number of carbonyl (C=O) groups is 1. The molecule has 0 aliphatic carbocycles. The summed E-state index contributed by atoms with van der Waals surface area (Å²) in [4.78, 5) is 18.9. The van der Waals surface area contributed by atoms with Crippen molar-refractivity contribution in [1.82, 2.24) is 19.7 Å². The fourth-order valence-corrected chi connectivity index (χ4v) is 3.82. The number of aromatic nitrogens is 3. The predicted octanol–water partition coefficient (Wildman–Crippen LogP) is 4.55. The lowest BCUT2D eigenvalue weighted by Gasteiger charge is -2.14. The largest absolute Gasteiger partial charge is 0.486 e. The van der Waals surface area contributed by atoms with Crippen molar-refractivity contribution >= 4 is 17.2 Å². The summed E-state index contributed by atoms with van der Waals surface area (Å²) in [6.45, 7) is 3.56. The molecular weight excluding hydrogens is 408 g/mol. The van der Waals surface area contributed by atoms with Crippen molar-refractivity contribution in [3.63, 3.8) is 0 Å². The van der Waals surface area contributed by atoms with Gasteiger partial charge in [0, 0.05) is 30.7 Å². The molecule has 0 saturated heterocycles. The van der Waals surface area contributed by atoms with Crippen LogP contribution in [0.15, 0.2) is 72.4 Å². The van der Waals surface area contributed by atoms with Crippen LogP contribution in [0.2, 0.25) is 0 Å². The molecule has 0 atom stereocenters. The molecule has 7 heteroatoms. The van der Waals surface area contributed by atoms with Crippen LogP contribution in [0.5, 0.6) is 5.75 Å². The molecular formula is C24H24N4O2S. The normalized spacial score (nSPS) is 10.8. The van der Waals surface area contributed by atoms with Gasteiger partial charge < -0.3 is 9.64 Å². The second-order valence-corrected chi connectivity index (χ2v) is 8.36. The van der Waals surface area contributed by atoms with Crippen LogP contribution in [0.4, 0.5) is 0 Å². The number of rotatable bonds is 8. The summed E-state index contributed by atoms with van der Waals surface area (Å²) in [6.07, 6.45) is 3.77. The second kappa shape index (κ2) is 9.57. The zero-order chi connectivity index (χ0) is 21.6. The van der Waals surface area contributed by atoms with Crippen molar-refractivity contribution < 1.29 is 9.53 Å². The molecule has 0 saturated carbocycles. The van der Waals surface area contributed by atoms with Gasteiger partial charge in [0.1, 0.15) is 23.1 Å². The van der Waals surface area contributed by atoms with Gasteiger partial charge in [-0.25, -0.2) is 4.98 Å². The van der Waals surface area contributed by atoms with Gasteiger partial charge in [-0.15, -0.1) is 11.3 Å². The van der Waals surface area contributed by atoms with Crippen molar-refractivity contribution in [1.29, 1.82) is 0 Å². The molecule has 0 N–H and O–H groups in total. The monoisotopic (exact) mass is 432 g/mol. The van der Waals surface area contributed by atoms with E-state index in [-0.39, 0.29) is 5.91 Å². The minimum absolute atomic E-state index is 0.117. The fraction of sp³-hybridized carbons (Fsp3) is 0.208. The van der Waals surface area contributed by atoms with Crippen molar-refractivity contribution in [3.8, 4) is 5.75 Å². The van der Waals surface area contributed by atoms with Gasteiger partial charge in [-0.2, -0.15) is 5.10 Å². The molecule has 2 aromatic heterocycles. The predicted molar refractivity (Wildman–Crippen MR) is 121 cm³/mol. The van der Waals surface area contributed by atoms with Crippen molar-refractivity contribution in [2.24, 2.45) is 0 Å². The number of ether oxygens (including phenoxy) is 1. The van der Waals surface area contributed by atoms with Crippen LogP contribution in [0.3, 0.4) is 0 Å². The number of thiazole rings is 1. The first-order valence-corrected chi connectivity index (χ1v) is 10.9. The number of nitrogens with zero attached hydrogens (tertiary/aromatic N) is 4. The Morgan fingerprint density at radius 1 is 1.10 bits per heavy atom. The third-order valence-corrected chi connectivity index (χ3v) is 5.62. The van der Waals surface area contributed by atoms with E-state index in [9.17, 15) is 4.79 Å². The third kappa shape index (κ3) is 5.58. The van der Waals surface area contributed by atoms with Crippen molar-refractivity contribution in [3.05, 3.63) is 99.8 Å². The number of benzene rings is 2. The van der Waals surface area contributed by atoms with Gasteiger partial charge in [-0.3, -0.25) is 9.48 Å². The molecule has 0 radical (unpaired) electrons. The van der Waals surface area contributed by atoms with Crippen molar-refractivity contribution in [2.75, 3.05) is 7.05 Å². The Labute approximate surface area is 185 Å². The van der Waals surface area contributed by atoms with E-state index in [1.165, 1.54) is 22.5 Å². The Hall–Kier alpha value is -3.45. The quantitative estimate of drug-likeness (QED) is 0.410. The zero-order valence-electron chi connectivity index (χ0n) is 17.6. The Bertz CT molecular complexity index is 1140. The van der Waals surface area contributed by atoms with Crippen LogP contribution in [-0.2, 0) is 19.7 Å². The lowest BCUT2D eigenvalue weighted by atomic mass is 10.2. The van der Waals surface area contributed by atoms with Crippen molar-refractivity contribution in [2.45, 2.75) is 26.6 Å². The summed E-state index contributed by atoms with van der Waals surface area (Å²) >= 11 is 1.43.